The summed E-state index contributed by atoms with van der Waals surface area (Å²) in [6.45, 7) is 17.0. The number of thiophene rings is 1. The molecule has 0 bridgehead atoms. The summed E-state index contributed by atoms with van der Waals surface area (Å²) >= 11 is 9.58. The number of likely N-dealkylation sites (tertiary alicyclic amines) is 1. The number of benzene rings is 3. The Hall–Kier alpha value is -6.24. The molecule has 3 aromatic carbocycles. The molecule has 6 heterocycles. The van der Waals surface area contributed by atoms with E-state index in [-0.39, 0.29) is 56.5 Å². The number of aliphatic hydroxyl groups excluding tert-OH is 1. The lowest BCUT2D eigenvalue weighted by molar-refractivity contribution is -0.144. The average Bonchev–Trinajstić information content (AvgIpc) is 4.23. The molecule has 0 saturated carbocycles. The maximum atomic E-state index is 14.2. The van der Waals surface area contributed by atoms with Crippen molar-refractivity contribution in [2.24, 2.45) is 10.4 Å². The summed E-state index contributed by atoms with van der Waals surface area (Å²) in [4.78, 5) is 75.4. The monoisotopic (exact) mass is 1060 g/mol. The van der Waals surface area contributed by atoms with E-state index in [9.17, 15) is 24.3 Å². The summed E-state index contributed by atoms with van der Waals surface area (Å²) in [5.41, 5.74) is 10.8. The summed E-state index contributed by atoms with van der Waals surface area (Å²) in [5, 5.41) is 21.4. The number of aliphatic imine (C=N–C) groups is 1. The minimum atomic E-state index is -0.969. The molecule has 15 nitrogen and oxygen atoms in total. The molecule has 6 atom stereocenters. The number of aryl methyl sites for hydroxylation is 3. The molecule has 0 spiro atoms. The number of thiazole rings is 1. The zero-order chi connectivity index (χ0) is 52.6. The van der Waals surface area contributed by atoms with Gasteiger partial charge in [-0.2, -0.15) is 0 Å². The van der Waals surface area contributed by atoms with Crippen molar-refractivity contribution in [2.45, 2.75) is 118 Å². The SMILES string of the molecule is Cc1ncsc1-c1ccc(CNC(=O)[C@@H]2C[C@@H](O)CN2C(=O)[C@@H](NC(=O)CO[C@@H]2CCN(c3ccc([C@@H](C)NC(=O)C[C@@H]4N=C(c5ccc(Cl)cc5)c5c(sc(C)c5C)-n5c4cnc5C)cc3)C2)C(C)(C)C)cc1. The second-order valence-corrected chi connectivity index (χ2v) is 23.2. The number of nitrogens with one attached hydrogen (secondary N) is 3. The highest BCUT2D eigenvalue weighted by Gasteiger charge is 2.44. The van der Waals surface area contributed by atoms with Crippen molar-refractivity contribution in [3.05, 3.63) is 139 Å². The molecule has 0 unspecified atom stereocenters. The normalized spacial score (nSPS) is 19.3. The number of hydrogen-bond donors (Lipinski definition) is 4. The fourth-order valence-corrected chi connectivity index (χ4v) is 12.2. The van der Waals surface area contributed by atoms with E-state index >= 15 is 0 Å². The van der Waals surface area contributed by atoms with E-state index in [0.717, 1.165) is 78.4 Å². The lowest BCUT2D eigenvalue weighted by Gasteiger charge is -2.35. The highest BCUT2D eigenvalue weighted by Crippen LogP contribution is 2.41. The Morgan fingerprint density at radius 1 is 0.905 bits per heavy atom. The summed E-state index contributed by atoms with van der Waals surface area (Å²) in [6.07, 6.45) is 1.67. The minimum Gasteiger partial charge on any atom is -0.391 e. The highest BCUT2D eigenvalue weighted by atomic mass is 35.5. The molecule has 6 aromatic rings. The van der Waals surface area contributed by atoms with E-state index < -0.39 is 41.5 Å². The first-order chi connectivity index (χ1) is 35.3. The van der Waals surface area contributed by atoms with Crippen LogP contribution in [0.4, 0.5) is 5.69 Å². The van der Waals surface area contributed by atoms with E-state index in [0.29, 0.717) is 18.0 Å². The van der Waals surface area contributed by atoms with Crippen molar-refractivity contribution in [3.63, 3.8) is 0 Å². The molecule has 3 aliphatic rings. The standard InChI is InChI=1S/C56H64ClN9O6S2/c1-31-34(4)74-55-49(31)50(38-13-17-40(57)18-14-38)62-44(46-26-58-35(5)66(46)55)24-47(68)61-32(2)37-15-19-41(20-16-37)64-22-21-43(28-64)72-29-48(69)63-52(56(6,7)8)54(71)65-27-42(67)23-45(65)53(70)59-25-36-9-11-39(12-10-36)51-33(3)60-30-73-51/h9-20,26,30,32,42-45,52,67H,21-25,27-29H2,1-8H3,(H,59,70)(H,61,68)(H,63,69)/t32-,42-,43-,44+,45+,52-/m1/s1. The first-order valence-electron chi connectivity index (χ1n) is 25.1. The van der Waals surface area contributed by atoms with Gasteiger partial charge in [0.2, 0.25) is 23.6 Å². The van der Waals surface area contributed by atoms with Gasteiger partial charge in [-0.1, -0.05) is 80.9 Å². The van der Waals surface area contributed by atoms with Crippen molar-refractivity contribution in [1.29, 1.82) is 0 Å². The van der Waals surface area contributed by atoms with Crippen LogP contribution in [0.15, 0.2) is 89.5 Å². The Kier molecular flexibility index (Phi) is 15.6. The van der Waals surface area contributed by atoms with Gasteiger partial charge >= 0.3 is 0 Å². The lowest BCUT2D eigenvalue weighted by Crippen LogP contribution is -2.58. The van der Waals surface area contributed by atoms with Crippen LogP contribution < -0.4 is 20.9 Å². The topological polar surface area (TPSA) is 183 Å². The summed E-state index contributed by atoms with van der Waals surface area (Å²) in [6, 6.07) is 21.1. The van der Waals surface area contributed by atoms with E-state index in [1.165, 1.54) is 9.78 Å². The van der Waals surface area contributed by atoms with E-state index in [4.69, 9.17) is 21.3 Å². The third-order valence-corrected chi connectivity index (χ3v) is 16.8. The number of fused-ring (bicyclic) bond motifs is 3. The largest absolute Gasteiger partial charge is 0.391 e. The van der Waals surface area contributed by atoms with Crippen LogP contribution >= 0.6 is 34.3 Å². The first-order valence-corrected chi connectivity index (χ1v) is 27.2. The van der Waals surface area contributed by atoms with Crippen LogP contribution in [-0.2, 0) is 30.5 Å². The third kappa shape index (κ3) is 11.4. The van der Waals surface area contributed by atoms with Gasteiger partial charge in [-0.05, 0) is 93.0 Å². The Morgan fingerprint density at radius 3 is 2.31 bits per heavy atom. The molecule has 2 fully saturated rings. The quantitative estimate of drug-likeness (QED) is 0.0784. The van der Waals surface area contributed by atoms with Gasteiger partial charge in [0.15, 0.2) is 0 Å². The maximum Gasteiger partial charge on any atom is 0.246 e. The number of carbonyl (C=O) groups excluding carboxylic acids is 4. The van der Waals surface area contributed by atoms with E-state index in [1.54, 1.807) is 22.7 Å². The molecule has 4 N–H and O–H groups in total. The fourth-order valence-electron chi connectivity index (χ4n) is 10.1. The second-order valence-electron chi connectivity index (χ2n) is 20.7. The lowest BCUT2D eigenvalue weighted by atomic mass is 9.85. The number of halogens is 1. The Bertz CT molecular complexity index is 3070. The van der Waals surface area contributed by atoms with Gasteiger partial charge in [-0.3, -0.25) is 28.7 Å². The highest BCUT2D eigenvalue weighted by molar-refractivity contribution is 7.15. The van der Waals surface area contributed by atoms with Crippen molar-refractivity contribution < 1.29 is 29.0 Å². The number of rotatable bonds is 15. The molecule has 3 aliphatic heterocycles. The van der Waals surface area contributed by atoms with Gasteiger partial charge in [0.25, 0.3) is 0 Å². The molecule has 0 aliphatic carbocycles. The number of anilines is 1. The van der Waals surface area contributed by atoms with E-state index in [1.807, 2.05) is 126 Å². The molecule has 9 rings (SSSR count). The molecule has 3 aromatic heterocycles. The Labute approximate surface area is 445 Å². The van der Waals surface area contributed by atoms with Crippen LogP contribution in [0, 0.1) is 33.1 Å². The van der Waals surface area contributed by atoms with Crippen molar-refractivity contribution in [3.8, 4) is 15.4 Å². The zero-order valence-corrected chi connectivity index (χ0v) is 45.5. The Morgan fingerprint density at radius 2 is 1.62 bits per heavy atom. The summed E-state index contributed by atoms with van der Waals surface area (Å²) < 4.78 is 8.28. The van der Waals surface area contributed by atoms with Gasteiger partial charge in [-0.25, -0.2) is 9.97 Å². The van der Waals surface area contributed by atoms with Gasteiger partial charge < -0.3 is 35.6 Å². The number of β-amino-alcohol motifs (C(OH)–C–C–N with tert-alkyl or cyclic N) is 1. The minimum absolute atomic E-state index is 0.0154. The number of aromatic nitrogens is 3. The average molecular weight is 1060 g/mol. The molecule has 74 heavy (non-hydrogen) atoms. The number of hydrogen-bond acceptors (Lipinski definition) is 12. The van der Waals surface area contributed by atoms with Gasteiger partial charge in [0.1, 0.15) is 35.6 Å². The maximum absolute atomic E-state index is 14.2. The predicted octanol–water partition coefficient (Wildman–Crippen LogP) is 8.51. The Balaban J connectivity index is 0.767. The number of ether oxygens (including phenoxy) is 1. The van der Waals surface area contributed by atoms with Gasteiger partial charge in [0.05, 0.1) is 58.4 Å². The smallest absolute Gasteiger partial charge is 0.246 e. The number of aliphatic hydroxyl groups is 1. The molecular formula is C56H64ClN9O6S2. The molecular weight excluding hydrogens is 994 g/mol. The van der Waals surface area contributed by atoms with Gasteiger partial charge in [0, 0.05) is 59.3 Å². The molecule has 388 valence electrons. The number of amides is 4. The van der Waals surface area contributed by atoms with Crippen LogP contribution in [0.25, 0.3) is 15.4 Å². The molecule has 0 radical (unpaired) electrons. The molecule has 4 amide bonds. The van der Waals surface area contributed by atoms with Crippen molar-refractivity contribution in [1.82, 2.24) is 35.4 Å². The number of imidazole rings is 1. The van der Waals surface area contributed by atoms with Crippen LogP contribution in [0.5, 0.6) is 0 Å². The summed E-state index contributed by atoms with van der Waals surface area (Å²) in [7, 11) is 0. The number of nitrogens with zero attached hydrogens (tertiary/aromatic N) is 6. The van der Waals surface area contributed by atoms with Crippen LogP contribution in [-0.4, -0.2) is 104 Å². The first kappa shape index (κ1) is 52.6. The molecule has 2 saturated heterocycles. The zero-order valence-electron chi connectivity index (χ0n) is 43.1. The van der Waals surface area contributed by atoms with E-state index in [2.05, 4.69) is 49.2 Å². The fraction of sp³-hybridized carbons (Fsp3) is 0.411. The summed E-state index contributed by atoms with van der Waals surface area (Å²) in [5.74, 6) is -0.529. The third-order valence-electron chi connectivity index (χ3n) is 14.3. The predicted molar refractivity (Wildman–Crippen MR) is 291 cm³/mol. The van der Waals surface area contributed by atoms with Crippen molar-refractivity contribution in [2.75, 3.05) is 31.1 Å². The van der Waals surface area contributed by atoms with Crippen LogP contribution in [0.3, 0.4) is 0 Å². The number of carbonyl (C=O) groups is 4. The van der Waals surface area contributed by atoms with Gasteiger partial charge in [-0.15, -0.1) is 22.7 Å². The second kappa shape index (κ2) is 21.9. The molecule has 18 heteroatoms. The van der Waals surface area contributed by atoms with Crippen LogP contribution in [0.1, 0.15) is 109 Å². The van der Waals surface area contributed by atoms with Crippen LogP contribution in [0.2, 0.25) is 5.02 Å². The van der Waals surface area contributed by atoms with Crippen molar-refractivity contribution >= 4 is 69.3 Å².